The minimum absolute atomic E-state index is 0.00989. The van der Waals surface area contributed by atoms with E-state index in [0.29, 0.717) is 26.1 Å². The van der Waals surface area contributed by atoms with Crippen LogP contribution in [0.4, 0.5) is 8.78 Å². The number of carbonyl (C=O) groups excluding carboxylic acids is 1. The average Bonchev–Trinajstić information content (AvgIpc) is 2.41. The maximum Gasteiger partial charge on any atom is 0.263 e. The number of amides is 1. The van der Waals surface area contributed by atoms with Crippen molar-refractivity contribution in [1.82, 2.24) is 10.6 Å². The number of alkyl halides is 2. The first-order valence-electron chi connectivity index (χ1n) is 6.48. The Morgan fingerprint density at radius 1 is 1.32 bits per heavy atom. The molecule has 0 aliphatic carbocycles. The van der Waals surface area contributed by atoms with Gasteiger partial charge in [0, 0.05) is 31.6 Å². The van der Waals surface area contributed by atoms with Crippen LogP contribution in [0.2, 0.25) is 0 Å². The van der Waals surface area contributed by atoms with Gasteiger partial charge < -0.3 is 10.6 Å². The smallest absolute Gasteiger partial charge is 0.263 e. The van der Waals surface area contributed by atoms with Crippen molar-refractivity contribution < 1.29 is 13.6 Å². The predicted octanol–water partition coefficient (Wildman–Crippen LogP) is 2.63. The summed E-state index contributed by atoms with van der Waals surface area (Å²) in [4.78, 5) is 11.3. The molecule has 1 aromatic carbocycles. The topological polar surface area (TPSA) is 41.1 Å². The fourth-order valence-electron chi connectivity index (χ4n) is 1.63. The largest absolute Gasteiger partial charge is 0.356 e. The molecular weight excluding hydrogens is 250 g/mol. The Hall–Kier alpha value is -1.49. The summed E-state index contributed by atoms with van der Waals surface area (Å²) in [6.07, 6.45) is -1.13. The lowest BCUT2D eigenvalue weighted by atomic mass is 10.1. The van der Waals surface area contributed by atoms with Gasteiger partial charge in [0.2, 0.25) is 5.91 Å². The van der Waals surface area contributed by atoms with E-state index in [-0.39, 0.29) is 11.5 Å². The summed E-state index contributed by atoms with van der Waals surface area (Å²) in [6.45, 7) is 3.71. The van der Waals surface area contributed by atoms with Gasteiger partial charge in [-0.1, -0.05) is 25.1 Å². The summed E-state index contributed by atoms with van der Waals surface area (Å²) in [6, 6.07) is 6.30. The summed E-state index contributed by atoms with van der Waals surface area (Å²) < 4.78 is 25.0. The summed E-state index contributed by atoms with van der Waals surface area (Å²) in [5.41, 5.74) is 0.826. The van der Waals surface area contributed by atoms with Crippen molar-refractivity contribution in [1.29, 1.82) is 0 Å². The molecule has 0 unspecified atom stereocenters. The Morgan fingerprint density at radius 3 is 2.79 bits per heavy atom. The first-order valence-corrected chi connectivity index (χ1v) is 6.48. The van der Waals surface area contributed by atoms with Crippen LogP contribution in [0.1, 0.15) is 37.3 Å². The van der Waals surface area contributed by atoms with E-state index in [0.717, 1.165) is 12.0 Å². The standard InChI is InChI=1S/C14H20F2N2O/c1-2-7-18-13(19)6-8-17-10-11-4-3-5-12(9-11)14(15)16/h3-5,9,14,17H,2,6-8,10H2,1H3,(H,18,19). The van der Waals surface area contributed by atoms with Crippen LogP contribution in [-0.4, -0.2) is 19.0 Å². The maximum atomic E-state index is 12.5. The van der Waals surface area contributed by atoms with Gasteiger partial charge in [-0.15, -0.1) is 0 Å². The zero-order chi connectivity index (χ0) is 14.1. The average molecular weight is 270 g/mol. The van der Waals surface area contributed by atoms with E-state index in [1.807, 2.05) is 6.92 Å². The van der Waals surface area contributed by atoms with E-state index in [9.17, 15) is 13.6 Å². The lowest BCUT2D eigenvalue weighted by molar-refractivity contribution is -0.120. The van der Waals surface area contributed by atoms with E-state index in [2.05, 4.69) is 10.6 Å². The SMILES string of the molecule is CCCNC(=O)CCNCc1cccc(C(F)F)c1. The van der Waals surface area contributed by atoms with E-state index in [4.69, 9.17) is 0 Å². The molecule has 1 aromatic rings. The van der Waals surface area contributed by atoms with Crippen LogP contribution in [0, 0.1) is 0 Å². The van der Waals surface area contributed by atoms with Gasteiger partial charge in [0.25, 0.3) is 6.43 Å². The van der Waals surface area contributed by atoms with Gasteiger partial charge in [-0.05, 0) is 18.1 Å². The first kappa shape index (κ1) is 15.6. The molecule has 0 spiro atoms. The van der Waals surface area contributed by atoms with Gasteiger partial charge in [0.1, 0.15) is 0 Å². The Bertz CT molecular complexity index is 397. The third kappa shape index (κ3) is 6.29. The lowest BCUT2D eigenvalue weighted by Crippen LogP contribution is -2.28. The molecule has 3 nitrogen and oxygen atoms in total. The van der Waals surface area contributed by atoms with Crippen LogP contribution >= 0.6 is 0 Å². The molecule has 0 aliphatic rings. The second-order valence-corrected chi connectivity index (χ2v) is 4.32. The molecule has 0 atom stereocenters. The van der Waals surface area contributed by atoms with E-state index in [1.54, 1.807) is 12.1 Å². The number of hydrogen-bond donors (Lipinski definition) is 2. The normalized spacial score (nSPS) is 10.7. The van der Waals surface area contributed by atoms with Gasteiger partial charge in [0.15, 0.2) is 0 Å². The maximum absolute atomic E-state index is 12.5. The Labute approximate surface area is 112 Å². The van der Waals surface area contributed by atoms with Crippen molar-refractivity contribution in [2.24, 2.45) is 0 Å². The van der Waals surface area contributed by atoms with Crippen molar-refractivity contribution in [2.45, 2.75) is 32.7 Å². The molecule has 0 heterocycles. The fourth-order valence-corrected chi connectivity index (χ4v) is 1.63. The molecule has 5 heteroatoms. The highest BCUT2D eigenvalue weighted by atomic mass is 19.3. The van der Waals surface area contributed by atoms with Gasteiger partial charge in [-0.2, -0.15) is 0 Å². The molecule has 0 aromatic heterocycles. The highest BCUT2D eigenvalue weighted by Gasteiger charge is 2.06. The Morgan fingerprint density at radius 2 is 2.11 bits per heavy atom. The molecule has 2 N–H and O–H groups in total. The number of benzene rings is 1. The molecule has 0 aliphatic heterocycles. The van der Waals surface area contributed by atoms with E-state index >= 15 is 0 Å². The van der Waals surface area contributed by atoms with Crippen LogP contribution in [0.3, 0.4) is 0 Å². The summed E-state index contributed by atoms with van der Waals surface area (Å²) in [7, 11) is 0. The molecule has 0 fully saturated rings. The molecule has 0 saturated carbocycles. The molecule has 1 rings (SSSR count). The van der Waals surface area contributed by atoms with Crippen molar-refractivity contribution in [3.8, 4) is 0 Å². The minimum Gasteiger partial charge on any atom is -0.356 e. The molecular formula is C14H20F2N2O. The summed E-state index contributed by atoms with van der Waals surface area (Å²) >= 11 is 0. The monoisotopic (exact) mass is 270 g/mol. The Balaban J connectivity index is 2.26. The van der Waals surface area contributed by atoms with E-state index in [1.165, 1.54) is 12.1 Å². The zero-order valence-electron chi connectivity index (χ0n) is 11.1. The quantitative estimate of drug-likeness (QED) is 0.713. The van der Waals surface area contributed by atoms with Crippen molar-refractivity contribution >= 4 is 5.91 Å². The third-order valence-electron chi connectivity index (χ3n) is 2.63. The van der Waals surface area contributed by atoms with Gasteiger partial charge in [-0.25, -0.2) is 8.78 Å². The molecule has 0 radical (unpaired) electrons. The number of hydrogen-bond acceptors (Lipinski definition) is 2. The predicted molar refractivity (Wildman–Crippen MR) is 71.0 cm³/mol. The minimum atomic E-state index is -2.44. The first-order chi connectivity index (χ1) is 9.13. The van der Waals surface area contributed by atoms with E-state index < -0.39 is 6.43 Å². The van der Waals surface area contributed by atoms with Gasteiger partial charge in [0.05, 0.1) is 0 Å². The van der Waals surface area contributed by atoms with Crippen molar-refractivity contribution in [2.75, 3.05) is 13.1 Å². The fraction of sp³-hybridized carbons (Fsp3) is 0.500. The molecule has 0 bridgehead atoms. The van der Waals surface area contributed by atoms with Crippen LogP contribution in [0.15, 0.2) is 24.3 Å². The Kier molecular flexibility index (Phi) is 7.03. The molecule has 106 valence electrons. The van der Waals surface area contributed by atoms with Gasteiger partial charge >= 0.3 is 0 Å². The van der Waals surface area contributed by atoms with Gasteiger partial charge in [-0.3, -0.25) is 4.79 Å². The number of carbonyl (C=O) groups is 1. The molecule has 19 heavy (non-hydrogen) atoms. The van der Waals surface area contributed by atoms with Crippen LogP contribution in [0.5, 0.6) is 0 Å². The van der Waals surface area contributed by atoms with Crippen molar-refractivity contribution in [3.63, 3.8) is 0 Å². The number of rotatable bonds is 8. The highest BCUT2D eigenvalue weighted by molar-refractivity contribution is 5.75. The molecule has 1 amide bonds. The summed E-state index contributed by atoms with van der Waals surface area (Å²) in [5.74, 6) is 0.00989. The second kappa shape index (κ2) is 8.58. The second-order valence-electron chi connectivity index (χ2n) is 4.32. The zero-order valence-corrected chi connectivity index (χ0v) is 11.1. The van der Waals surface area contributed by atoms with Crippen LogP contribution in [-0.2, 0) is 11.3 Å². The lowest BCUT2D eigenvalue weighted by Gasteiger charge is -2.07. The van der Waals surface area contributed by atoms with Crippen LogP contribution < -0.4 is 10.6 Å². The highest BCUT2D eigenvalue weighted by Crippen LogP contribution is 2.19. The summed E-state index contributed by atoms with van der Waals surface area (Å²) in [5, 5.41) is 5.85. The number of nitrogens with one attached hydrogen (secondary N) is 2. The van der Waals surface area contributed by atoms with Crippen molar-refractivity contribution in [3.05, 3.63) is 35.4 Å². The third-order valence-corrected chi connectivity index (χ3v) is 2.63. The number of halogens is 2. The van der Waals surface area contributed by atoms with Crippen LogP contribution in [0.25, 0.3) is 0 Å². The molecule has 0 saturated heterocycles.